The number of aromatic nitrogens is 4. The summed E-state index contributed by atoms with van der Waals surface area (Å²) in [5.74, 6) is 1.22. The van der Waals surface area contributed by atoms with Crippen molar-refractivity contribution in [2.24, 2.45) is 0 Å². The second kappa shape index (κ2) is 12.1. The lowest BCUT2D eigenvalue weighted by Crippen LogP contribution is -2.44. The highest BCUT2D eigenvalue weighted by Gasteiger charge is 2.31. The fourth-order valence-electron chi connectivity index (χ4n) is 5.71. The molecule has 43 heavy (non-hydrogen) atoms. The molecular weight excluding hydrogens is 544 g/mol. The molecule has 0 bridgehead atoms. The van der Waals surface area contributed by atoms with Gasteiger partial charge in [-0.1, -0.05) is 32.0 Å². The van der Waals surface area contributed by atoms with Gasteiger partial charge in [0.1, 0.15) is 35.0 Å². The van der Waals surface area contributed by atoms with Crippen LogP contribution < -0.4 is 21.5 Å². The van der Waals surface area contributed by atoms with Gasteiger partial charge in [0.05, 0.1) is 5.69 Å². The summed E-state index contributed by atoms with van der Waals surface area (Å²) in [5, 5.41) is 13.1. The molecule has 0 spiro atoms. The maximum Gasteiger partial charge on any atom is 0.335 e. The van der Waals surface area contributed by atoms with Gasteiger partial charge < -0.3 is 20.7 Å². The SMILES string of the molecule is CC(C)NC(C)(C)/C=C(/C#N)C(=O)N1CCC(n2c(=O)n(-c3ccc(Oc4ccccc4)cc3)c3c(N)ncnc32)CC1. The summed E-state index contributed by atoms with van der Waals surface area (Å²) in [5.41, 5.74) is 7.04. The normalized spacial score (nSPS) is 14.7. The van der Waals surface area contributed by atoms with Crippen molar-refractivity contribution in [1.29, 1.82) is 5.26 Å². The highest BCUT2D eigenvalue weighted by molar-refractivity contribution is 5.97. The van der Waals surface area contributed by atoms with E-state index in [-0.39, 0.29) is 35.1 Å². The number of benzene rings is 2. The van der Waals surface area contributed by atoms with Crippen LogP contribution in [-0.2, 0) is 4.79 Å². The number of fused-ring (bicyclic) bond motifs is 1. The van der Waals surface area contributed by atoms with E-state index in [0.29, 0.717) is 54.3 Å². The van der Waals surface area contributed by atoms with Gasteiger partial charge in [0, 0.05) is 30.7 Å². The van der Waals surface area contributed by atoms with Gasteiger partial charge in [0.2, 0.25) is 0 Å². The minimum Gasteiger partial charge on any atom is -0.457 e. The third-order valence-corrected chi connectivity index (χ3v) is 7.39. The van der Waals surface area contributed by atoms with E-state index in [1.807, 2.05) is 58.0 Å². The highest BCUT2D eigenvalue weighted by Crippen LogP contribution is 2.29. The first-order valence-corrected chi connectivity index (χ1v) is 14.3. The van der Waals surface area contributed by atoms with Crippen molar-refractivity contribution in [1.82, 2.24) is 29.3 Å². The predicted molar refractivity (Wildman–Crippen MR) is 165 cm³/mol. The Hall–Kier alpha value is -4.95. The first kappa shape index (κ1) is 29.5. The molecule has 0 atom stereocenters. The first-order chi connectivity index (χ1) is 20.6. The summed E-state index contributed by atoms with van der Waals surface area (Å²) in [7, 11) is 0. The van der Waals surface area contributed by atoms with Crippen LogP contribution in [-0.4, -0.2) is 54.6 Å². The van der Waals surface area contributed by atoms with Crippen LogP contribution in [0.15, 0.2) is 77.4 Å². The van der Waals surface area contributed by atoms with Crippen molar-refractivity contribution >= 4 is 22.9 Å². The summed E-state index contributed by atoms with van der Waals surface area (Å²) in [4.78, 5) is 37.5. The number of hydrogen-bond acceptors (Lipinski definition) is 8. The molecule has 1 fully saturated rings. The number of piperidine rings is 1. The molecule has 0 unspecified atom stereocenters. The first-order valence-electron chi connectivity index (χ1n) is 14.3. The molecule has 2 aromatic heterocycles. The lowest BCUT2D eigenvalue weighted by atomic mass is 9.98. The number of carbonyl (C=O) groups is 1. The Labute approximate surface area is 250 Å². The Morgan fingerprint density at radius 2 is 1.74 bits per heavy atom. The van der Waals surface area contributed by atoms with E-state index < -0.39 is 5.54 Å². The summed E-state index contributed by atoms with van der Waals surface area (Å²) >= 11 is 0. The topological polar surface area (TPSA) is 144 Å². The van der Waals surface area contributed by atoms with Gasteiger partial charge >= 0.3 is 5.69 Å². The Bertz CT molecular complexity index is 1740. The van der Waals surface area contributed by atoms with E-state index in [0.717, 1.165) is 0 Å². The van der Waals surface area contributed by atoms with Crippen LogP contribution in [0.5, 0.6) is 11.5 Å². The molecule has 0 radical (unpaired) electrons. The summed E-state index contributed by atoms with van der Waals surface area (Å²) in [6, 6.07) is 18.7. The Kier molecular flexibility index (Phi) is 8.32. The number of nitrogen functional groups attached to an aromatic ring is 1. The molecule has 11 heteroatoms. The minimum absolute atomic E-state index is 0.102. The monoisotopic (exact) mass is 580 g/mol. The van der Waals surface area contributed by atoms with E-state index >= 15 is 0 Å². The number of nitriles is 1. The smallest absolute Gasteiger partial charge is 0.335 e. The second-order valence-electron chi connectivity index (χ2n) is 11.5. The van der Waals surface area contributed by atoms with Crippen molar-refractivity contribution in [3.05, 3.63) is 83.1 Å². The lowest BCUT2D eigenvalue weighted by Gasteiger charge is -2.33. The maximum atomic E-state index is 14.0. The summed E-state index contributed by atoms with van der Waals surface area (Å²) in [6.07, 6.45) is 4.08. The Balaban J connectivity index is 1.40. The zero-order valence-corrected chi connectivity index (χ0v) is 24.8. The second-order valence-corrected chi connectivity index (χ2v) is 11.5. The van der Waals surface area contributed by atoms with Crippen LogP contribution >= 0.6 is 0 Å². The molecule has 5 rings (SSSR count). The number of rotatable bonds is 8. The molecule has 0 aliphatic carbocycles. The van der Waals surface area contributed by atoms with Crippen LogP contribution in [0, 0.1) is 11.3 Å². The van der Waals surface area contributed by atoms with Gasteiger partial charge in [-0.25, -0.2) is 14.8 Å². The van der Waals surface area contributed by atoms with E-state index in [9.17, 15) is 14.9 Å². The molecule has 1 aliphatic rings. The number of anilines is 1. The van der Waals surface area contributed by atoms with E-state index in [1.165, 1.54) is 10.9 Å². The zero-order valence-electron chi connectivity index (χ0n) is 24.8. The zero-order chi connectivity index (χ0) is 30.7. The highest BCUT2D eigenvalue weighted by atomic mass is 16.5. The number of likely N-dealkylation sites (tertiary alicyclic amines) is 1. The number of nitrogens with zero attached hydrogens (tertiary/aromatic N) is 6. The molecule has 2 aromatic carbocycles. The van der Waals surface area contributed by atoms with Crippen molar-refractivity contribution in [3.63, 3.8) is 0 Å². The van der Waals surface area contributed by atoms with Crippen molar-refractivity contribution < 1.29 is 9.53 Å². The number of nitrogens with two attached hydrogens (primary N) is 1. The third-order valence-electron chi connectivity index (χ3n) is 7.39. The van der Waals surface area contributed by atoms with E-state index in [2.05, 4.69) is 21.4 Å². The summed E-state index contributed by atoms with van der Waals surface area (Å²) in [6.45, 7) is 8.69. The number of imidazole rings is 1. The fourth-order valence-corrected chi connectivity index (χ4v) is 5.71. The number of para-hydroxylation sites is 1. The van der Waals surface area contributed by atoms with Gasteiger partial charge in [-0.2, -0.15) is 5.26 Å². The Morgan fingerprint density at radius 1 is 1.09 bits per heavy atom. The minimum atomic E-state index is -0.520. The van der Waals surface area contributed by atoms with Crippen molar-refractivity contribution in [3.8, 4) is 23.3 Å². The van der Waals surface area contributed by atoms with Gasteiger partial charge in [-0.15, -0.1) is 0 Å². The number of hydrogen-bond donors (Lipinski definition) is 2. The van der Waals surface area contributed by atoms with Gasteiger partial charge in [0.25, 0.3) is 5.91 Å². The van der Waals surface area contributed by atoms with E-state index in [4.69, 9.17) is 10.5 Å². The maximum absolute atomic E-state index is 14.0. The number of nitrogens with one attached hydrogen (secondary N) is 1. The summed E-state index contributed by atoms with van der Waals surface area (Å²) < 4.78 is 9.08. The fraction of sp³-hybridized carbons (Fsp3) is 0.344. The average molecular weight is 581 g/mol. The third kappa shape index (κ3) is 6.29. The van der Waals surface area contributed by atoms with Crippen LogP contribution in [0.3, 0.4) is 0 Å². The number of carbonyl (C=O) groups excluding carboxylic acids is 1. The largest absolute Gasteiger partial charge is 0.457 e. The van der Waals surface area contributed by atoms with Crippen LogP contribution in [0.4, 0.5) is 5.82 Å². The van der Waals surface area contributed by atoms with Crippen molar-refractivity contribution in [2.45, 2.75) is 58.2 Å². The standard InChI is InChI=1S/C32H36N8O3/c1-21(2)37-32(3,4)18-22(19-33)30(41)38-16-14-24(15-17-38)40-29-27(28(34)35-20-36-29)39(31(40)42)23-10-12-26(13-11-23)43-25-8-6-5-7-9-25/h5-13,18,20-21,24,37H,14-17H2,1-4H3,(H2,34,35,36)/b22-18-. The molecule has 0 saturated carbocycles. The molecule has 1 aliphatic heterocycles. The van der Waals surface area contributed by atoms with Gasteiger partial charge in [-0.05, 0) is 69.2 Å². The molecule has 3 N–H and O–H groups in total. The quantitative estimate of drug-likeness (QED) is 0.231. The van der Waals surface area contributed by atoms with E-state index in [1.54, 1.807) is 39.8 Å². The molecule has 11 nitrogen and oxygen atoms in total. The van der Waals surface area contributed by atoms with Crippen LogP contribution in [0.2, 0.25) is 0 Å². The van der Waals surface area contributed by atoms with Gasteiger partial charge in [-0.3, -0.25) is 13.9 Å². The molecule has 4 aromatic rings. The predicted octanol–water partition coefficient (Wildman–Crippen LogP) is 4.35. The lowest BCUT2D eigenvalue weighted by molar-refractivity contribution is -0.128. The number of ether oxygens (including phenoxy) is 1. The Morgan fingerprint density at radius 3 is 2.37 bits per heavy atom. The van der Waals surface area contributed by atoms with Crippen LogP contribution in [0.25, 0.3) is 16.9 Å². The molecule has 1 saturated heterocycles. The number of amides is 1. The van der Waals surface area contributed by atoms with Gasteiger partial charge in [0.15, 0.2) is 11.5 Å². The molecule has 222 valence electrons. The average Bonchev–Trinajstić information content (AvgIpc) is 3.28. The molecular formula is C32H36N8O3. The van der Waals surface area contributed by atoms with Crippen LogP contribution in [0.1, 0.15) is 46.6 Å². The molecule has 1 amide bonds. The molecule has 3 heterocycles. The van der Waals surface area contributed by atoms with Crippen molar-refractivity contribution in [2.75, 3.05) is 18.8 Å².